The second kappa shape index (κ2) is 4.95. The van der Waals surface area contributed by atoms with Gasteiger partial charge in [0.05, 0.1) is 7.11 Å². The molecule has 1 heterocycles. The first-order valence-corrected chi connectivity index (χ1v) is 9.18. The number of hydrogen-bond acceptors (Lipinski definition) is 4. The van der Waals surface area contributed by atoms with E-state index < -0.39 is 5.60 Å². The third kappa shape index (κ3) is 1.89. The lowest BCUT2D eigenvalue weighted by molar-refractivity contribution is -0.114. The third-order valence-corrected chi connectivity index (χ3v) is 7.47. The highest BCUT2D eigenvalue weighted by Crippen LogP contribution is 2.65. The van der Waals surface area contributed by atoms with Crippen LogP contribution in [0, 0.1) is 11.3 Å². The van der Waals surface area contributed by atoms with Crippen LogP contribution in [0.15, 0.2) is 24.3 Å². The Balaban J connectivity index is 1.91. The zero-order valence-corrected chi connectivity index (χ0v) is 15.1. The summed E-state index contributed by atoms with van der Waals surface area (Å²) >= 11 is 1.73. The van der Waals surface area contributed by atoms with Gasteiger partial charge in [0.1, 0.15) is 11.4 Å². The van der Waals surface area contributed by atoms with E-state index in [1.165, 1.54) is 11.1 Å². The van der Waals surface area contributed by atoms with Gasteiger partial charge < -0.3 is 14.7 Å². The summed E-state index contributed by atoms with van der Waals surface area (Å²) in [4.78, 5) is 3.33. The lowest BCUT2D eigenvalue weighted by atomic mass is 9.69. The van der Waals surface area contributed by atoms with Gasteiger partial charge in [-0.3, -0.25) is 0 Å². The van der Waals surface area contributed by atoms with Crippen LogP contribution in [0.25, 0.3) is 10.1 Å². The van der Waals surface area contributed by atoms with Gasteiger partial charge in [0, 0.05) is 26.4 Å². The van der Waals surface area contributed by atoms with Crippen LogP contribution in [0.5, 0.6) is 5.75 Å². The first-order valence-electron chi connectivity index (χ1n) is 8.36. The van der Waals surface area contributed by atoms with Gasteiger partial charge in [0.2, 0.25) is 0 Å². The number of aliphatic hydroxyl groups is 1. The molecule has 2 fully saturated rings. The van der Waals surface area contributed by atoms with Crippen LogP contribution >= 0.6 is 11.3 Å². The number of hydrogen-bond donors (Lipinski definition) is 1. The number of methoxy groups -OCH3 is 1. The highest BCUT2D eigenvalue weighted by Gasteiger charge is 2.66. The lowest BCUT2D eigenvalue weighted by Gasteiger charge is -2.47. The molecule has 0 spiro atoms. The van der Waals surface area contributed by atoms with Crippen LogP contribution in [0.3, 0.4) is 0 Å². The zero-order chi connectivity index (χ0) is 16.4. The van der Waals surface area contributed by atoms with Crippen molar-refractivity contribution in [3.8, 4) is 5.75 Å². The van der Waals surface area contributed by atoms with Gasteiger partial charge in [0.15, 0.2) is 0 Å². The maximum Gasteiger partial charge on any atom is 0.127 e. The molecular formula is C19H25NO2S. The maximum atomic E-state index is 11.9. The molecule has 4 unspecified atom stereocenters. The number of thiophene rings is 1. The fraction of sp³-hybridized carbons (Fsp3) is 0.579. The average Bonchev–Trinajstić information content (AvgIpc) is 3.16. The largest absolute Gasteiger partial charge is 0.496 e. The molecule has 4 atom stereocenters. The van der Waals surface area contributed by atoms with Gasteiger partial charge in [-0.15, -0.1) is 11.3 Å². The summed E-state index contributed by atoms with van der Waals surface area (Å²) in [5.74, 6) is 1.48. The molecule has 1 aromatic carbocycles. The fourth-order valence-corrected chi connectivity index (χ4v) is 6.59. The predicted octanol–water partition coefficient (Wildman–Crippen LogP) is 3.85. The molecule has 23 heavy (non-hydrogen) atoms. The second-order valence-electron chi connectivity index (χ2n) is 7.72. The third-order valence-electron chi connectivity index (χ3n) is 6.25. The predicted molar refractivity (Wildman–Crippen MR) is 95.2 cm³/mol. The monoisotopic (exact) mass is 331 g/mol. The molecule has 1 aromatic heterocycles. The number of ether oxygens (including phenoxy) is 1. The van der Waals surface area contributed by atoms with Gasteiger partial charge in [-0.25, -0.2) is 0 Å². The SMILES string of the molecule is COc1cccc2sc(C3(O)C(N(C)C)C4CCC3(C)C4)cc12. The van der Waals surface area contributed by atoms with E-state index in [0.29, 0.717) is 5.92 Å². The number of rotatable bonds is 3. The van der Waals surface area contributed by atoms with Crippen molar-refractivity contribution < 1.29 is 9.84 Å². The van der Waals surface area contributed by atoms with E-state index in [-0.39, 0.29) is 11.5 Å². The number of nitrogens with zero attached hydrogens (tertiary/aromatic N) is 1. The minimum absolute atomic E-state index is 0.0271. The summed E-state index contributed by atoms with van der Waals surface area (Å²) in [6.45, 7) is 2.28. The van der Waals surface area contributed by atoms with E-state index in [4.69, 9.17) is 4.74 Å². The Morgan fingerprint density at radius 2 is 2.13 bits per heavy atom. The summed E-state index contributed by atoms with van der Waals surface area (Å²) in [6.07, 6.45) is 3.47. The Bertz CT molecular complexity index is 755. The molecule has 0 saturated heterocycles. The van der Waals surface area contributed by atoms with E-state index in [0.717, 1.165) is 28.9 Å². The van der Waals surface area contributed by atoms with E-state index in [2.05, 4.69) is 38.1 Å². The molecule has 2 aromatic rings. The molecule has 0 aliphatic heterocycles. The molecule has 124 valence electrons. The summed E-state index contributed by atoms with van der Waals surface area (Å²) < 4.78 is 6.70. The van der Waals surface area contributed by atoms with E-state index >= 15 is 0 Å². The van der Waals surface area contributed by atoms with Gasteiger partial charge in [-0.1, -0.05) is 13.0 Å². The Hall–Kier alpha value is -1.10. The minimum Gasteiger partial charge on any atom is -0.496 e. The number of benzene rings is 1. The molecule has 1 N–H and O–H groups in total. The molecule has 4 rings (SSSR count). The number of fused-ring (bicyclic) bond motifs is 3. The van der Waals surface area contributed by atoms with Gasteiger partial charge in [-0.2, -0.15) is 0 Å². The smallest absolute Gasteiger partial charge is 0.127 e. The summed E-state index contributed by atoms with van der Waals surface area (Å²) in [6, 6.07) is 8.50. The number of likely N-dealkylation sites (N-methyl/N-ethyl adjacent to an activating group) is 1. The van der Waals surface area contributed by atoms with Crippen LogP contribution in [0.1, 0.15) is 31.1 Å². The molecule has 0 amide bonds. The van der Waals surface area contributed by atoms with Crippen molar-refractivity contribution in [1.29, 1.82) is 0 Å². The van der Waals surface area contributed by atoms with Gasteiger partial charge in [0.25, 0.3) is 0 Å². The van der Waals surface area contributed by atoms with Crippen LogP contribution in [-0.2, 0) is 5.60 Å². The second-order valence-corrected chi connectivity index (χ2v) is 8.80. The Morgan fingerprint density at radius 3 is 2.83 bits per heavy atom. The normalized spacial score (nSPS) is 36.3. The lowest BCUT2D eigenvalue weighted by Crippen LogP contribution is -2.54. The summed E-state index contributed by atoms with van der Waals surface area (Å²) in [7, 11) is 5.92. The van der Waals surface area contributed by atoms with Crippen LogP contribution in [-0.4, -0.2) is 37.3 Å². The highest BCUT2D eigenvalue weighted by molar-refractivity contribution is 7.19. The molecule has 2 saturated carbocycles. The molecule has 0 radical (unpaired) electrons. The van der Waals surface area contributed by atoms with E-state index in [9.17, 15) is 5.11 Å². The van der Waals surface area contributed by atoms with Crippen molar-refractivity contribution in [3.63, 3.8) is 0 Å². The fourth-order valence-electron chi connectivity index (χ4n) is 5.24. The Labute approximate surface area is 141 Å². The molecule has 2 aliphatic rings. The van der Waals surface area contributed by atoms with Crippen molar-refractivity contribution in [2.75, 3.05) is 21.2 Å². The molecule has 2 aliphatic carbocycles. The standard InChI is InChI=1S/C19H25NO2S/c1-18-9-8-12(11-18)17(20(2)3)19(18,21)16-10-13-14(22-4)6-5-7-15(13)23-16/h5-7,10,12,17,21H,8-9,11H2,1-4H3. The average molecular weight is 331 g/mol. The Kier molecular flexibility index (Phi) is 3.32. The Morgan fingerprint density at radius 1 is 1.35 bits per heavy atom. The molecule has 3 nitrogen and oxygen atoms in total. The summed E-state index contributed by atoms with van der Waals surface area (Å²) in [5.41, 5.74) is -0.797. The van der Waals surface area contributed by atoms with E-state index in [1.807, 2.05) is 12.1 Å². The first-order chi connectivity index (χ1) is 10.9. The van der Waals surface area contributed by atoms with Crippen molar-refractivity contribution >= 4 is 21.4 Å². The van der Waals surface area contributed by atoms with Gasteiger partial charge in [-0.05, 0) is 57.5 Å². The van der Waals surface area contributed by atoms with Crippen LogP contribution < -0.4 is 4.74 Å². The van der Waals surface area contributed by atoms with Crippen molar-refractivity contribution in [2.45, 2.75) is 37.8 Å². The topological polar surface area (TPSA) is 32.7 Å². The van der Waals surface area contributed by atoms with Crippen LogP contribution in [0.2, 0.25) is 0 Å². The first kappa shape index (κ1) is 15.4. The van der Waals surface area contributed by atoms with Crippen molar-refractivity contribution in [1.82, 2.24) is 4.90 Å². The quantitative estimate of drug-likeness (QED) is 0.927. The molecular weight excluding hydrogens is 306 g/mol. The highest BCUT2D eigenvalue weighted by atomic mass is 32.1. The maximum absolute atomic E-state index is 11.9. The van der Waals surface area contributed by atoms with Crippen molar-refractivity contribution in [2.24, 2.45) is 11.3 Å². The van der Waals surface area contributed by atoms with Gasteiger partial charge >= 0.3 is 0 Å². The molecule has 4 heteroatoms. The minimum atomic E-state index is -0.770. The molecule has 2 bridgehead atoms. The van der Waals surface area contributed by atoms with E-state index in [1.54, 1.807) is 18.4 Å². The zero-order valence-electron chi connectivity index (χ0n) is 14.3. The summed E-state index contributed by atoms with van der Waals surface area (Å²) in [5, 5.41) is 13.1. The van der Waals surface area contributed by atoms with Crippen molar-refractivity contribution in [3.05, 3.63) is 29.1 Å². The van der Waals surface area contributed by atoms with Crippen LogP contribution in [0.4, 0.5) is 0 Å².